The number of β-amino-alcohol motifs (C(OH)–C–C–N with tert-alkyl or cyclic N) is 1. The Labute approximate surface area is 172 Å². The summed E-state index contributed by atoms with van der Waals surface area (Å²) in [5.41, 5.74) is 5.92. The molecular formula is C19H21F2N5O3S. The summed E-state index contributed by atoms with van der Waals surface area (Å²) in [5, 5.41) is 9.70. The van der Waals surface area contributed by atoms with Crippen molar-refractivity contribution in [1.29, 1.82) is 0 Å². The molecular weight excluding hydrogens is 416 g/mol. The second-order valence-corrected chi connectivity index (χ2v) is 8.86. The molecule has 30 heavy (non-hydrogen) atoms. The molecule has 11 heteroatoms. The van der Waals surface area contributed by atoms with Crippen molar-refractivity contribution in [2.75, 3.05) is 25.1 Å². The second kappa shape index (κ2) is 8.94. The van der Waals surface area contributed by atoms with E-state index in [4.69, 9.17) is 10.8 Å². The topological polar surface area (TPSA) is 122 Å². The van der Waals surface area contributed by atoms with E-state index in [1.54, 1.807) is 18.2 Å². The van der Waals surface area contributed by atoms with Gasteiger partial charge >= 0.3 is 0 Å². The number of hydrogen-bond acceptors (Lipinski definition) is 7. The van der Waals surface area contributed by atoms with Gasteiger partial charge in [-0.25, -0.2) is 27.2 Å². The molecule has 3 N–H and O–H groups in total. The van der Waals surface area contributed by atoms with E-state index in [1.165, 1.54) is 22.8 Å². The number of aliphatic hydroxyl groups is 1. The molecule has 2 aromatic heterocycles. The SMILES string of the molecule is CS(=O)(=O)N1CCCC(O)C1.Nc1ncc(F)c(-c2cc(F)c3ncccc3c2)n1. The molecule has 1 fully saturated rings. The first-order valence-electron chi connectivity index (χ1n) is 9.11. The maximum Gasteiger partial charge on any atom is 0.220 e. The maximum atomic E-state index is 13.9. The number of anilines is 1. The number of nitrogens with zero attached hydrogens (tertiary/aromatic N) is 4. The monoisotopic (exact) mass is 437 g/mol. The third kappa shape index (κ3) is 5.23. The predicted molar refractivity (Wildman–Crippen MR) is 109 cm³/mol. The quantitative estimate of drug-likeness (QED) is 0.628. The number of halogens is 2. The average Bonchev–Trinajstić information content (AvgIpc) is 2.70. The molecule has 0 amide bonds. The molecule has 0 radical (unpaired) electrons. The van der Waals surface area contributed by atoms with Gasteiger partial charge in [0.05, 0.1) is 18.6 Å². The van der Waals surface area contributed by atoms with Crippen molar-refractivity contribution in [1.82, 2.24) is 19.3 Å². The number of pyridine rings is 1. The van der Waals surface area contributed by atoms with Gasteiger partial charge in [0.2, 0.25) is 16.0 Å². The Bertz CT molecular complexity index is 1160. The molecule has 0 aliphatic carbocycles. The summed E-state index contributed by atoms with van der Waals surface area (Å²) in [4.78, 5) is 11.3. The van der Waals surface area contributed by atoms with Crippen LogP contribution in [0.5, 0.6) is 0 Å². The van der Waals surface area contributed by atoms with Gasteiger partial charge in [-0.15, -0.1) is 0 Å². The Morgan fingerprint density at radius 1 is 1.23 bits per heavy atom. The van der Waals surface area contributed by atoms with Gasteiger partial charge in [-0.05, 0) is 31.0 Å². The first-order valence-corrected chi connectivity index (χ1v) is 11.0. The van der Waals surface area contributed by atoms with Crippen molar-refractivity contribution in [3.63, 3.8) is 0 Å². The number of hydrogen-bond donors (Lipinski definition) is 2. The zero-order valence-corrected chi connectivity index (χ0v) is 17.0. The molecule has 8 nitrogen and oxygen atoms in total. The summed E-state index contributed by atoms with van der Waals surface area (Å²) < 4.78 is 50.8. The number of rotatable bonds is 2. The molecule has 1 aliphatic rings. The Hall–Kier alpha value is -2.76. The summed E-state index contributed by atoms with van der Waals surface area (Å²) in [5.74, 6) is -1.26. The third-order valence-electron chi connectivity index (χ3n) is 4.52. The van der Waals surface area contributed by atoms with Gasteiger partial charge in [-0.2, -0.15) is 4.31 Å². The van der Waals surface area contributed by atoms with Crippen LogP contribution < -0.4 is 5.73 Å². The summed E-state index contributed by atoms with van der Waals surface area (Å²) in [6.45, 7) is 0.814. The molecule has 1 aliphatic heterocycles. The third-order valence-corrected chi connectivity index (χ3v) is 5.79. The standard InChI is InChI=1S/C13H8F2N4.C6H13NO3S/c14-9-5-8(4-7-2-1-3-17-11(7)9)12-10(15)6-18-13(16)19-12;1-11(9,10)7-4-2-3-6(8)5-7/h1-6H,(H2,16,18,19);6,8H,2-5H2,1H3. The minimum Gasteiger partial charge on any atom is -0.392 e. The van der Waals surface area contributed by atoms with Gasteiger partial charge in [0.25, 0.3) is 0 Å². The molecule has 1 saturated heterocycles. The minimum absolute atomic E-state index is 0.0304. The van der Waals surface area contributed by atoms with Crippen LogP contribution in [-0.2, 0) is 10.0 Å². The lowest BCUT2D eigenvalue weighted by Gasteiger charge is -2.27. The summed E-state index contributed by atoms with van der Waals surface area (Å²) >= 11 is 0. The highest BCUT2D eigenvalue weighted by Gasteiger charge is 2.23. The maximum absolute atomic E-state index is 13.9. The fourth-order valence-electron chi connectivity index (χ4n) is 3.09. The highest BCUT2D eigenvalue weighted by Crippen LogP contribution is 2.26. The van der Waals surface area contributed by atoms with Crippen molar-refractivity contribution in [2.24, 2.45) is 0 Å². The van der Waals surface area contributed by atoms with Crippen molar-refractivity contribution in [2.45, 2.75) is 18.9 Å². The zero-order chi connectivity index (χ0) is 21.9. The molecule has 0 spiro atoms. The van der Waals surface area contributed by atoms with Crippen molar-refractivity contribution in [3.8, 4) is 11.3 Å². The smallest absolute Gasteiger partial charge is 0.220 e. The van der Waals surface area contributed by atoms with Gasteiger partial charge in [0, 0.05) is 30.2 Å². The summed E-state index contributed by atoms with van der Waals surface area (Å²) in [6, 6.07) is 6.16. The predicted octanol–water partition coefficient (Wildman–Crippen LogP) is 1.95. The Kier molecular flexibility index (Phi) is 6.54. The number of fused-ring (bicyclic) bond motifs is 1. The van der Waals surface area contributed by atoms with Crippen LogP contribution in [0.3, 0.4) is 0 Å². The van der Waals surface area contributed by atoms with Crippen molar-refractivity contribution >= 4 is 26.9 Å². The molecule has 0 bridgehead atoms. The van der Waals surface area contributed by atoms with E-state index in [-0.39, 0.29) is 23.7 Å². The number of sulfonamides is 1. The first kappa shape index (κ1) is 21.9. The Balaban J connectivity index is 0.000000199. The van der Waals surface area contributed by atoms with Crippen LogP contribution in [0, 0.1) is 11.6 Å². The Morgan fingerprint density at radius 3 is 2.67 bits per heavy atom. The number of aromatic nitrogens is 3. The van der Waals surface area contributed by atoms with Crippen LogP contribution in [0.25, 0.3) is 22.2 Å². The zero-order valence-electron chi connectivity index (χ0n) is 16.2. The highest BCUT2D eigenvalue weighted by molar-refractivity contribution is 7.88. The van der Waals surface area contributed by atoms with E-state index in [9.17, 15) is 17.2 Å². The Morgan fingerprint density at radius 2 is 2.00 bits per heavy atom. The average molecular weight is 437 g/mol. The molecule has 3 heterocycles. The van der Waals surface area contributed by atoms with Crippen LogP contribution in [0.2, 0.25) is 0 Å². The van der Waals surface area contributed by atoms with E-state index in [0.717, 1.165) is 12.6 Å². The van der Waals surface area contributed by atoms with Crippen LogP contribution >= 0.6 is 0 Å². The lowest BCUT2D eigenvalue weighted by Crippen LogP contribution is -2.41. The normalized spacial score (nSPS) is 17.4. The van der Waals surface area contributed by atoms with Crippen molar-refractivity contribution in [3.05, 3.63) is 48.3 Å². The van der Waals surface area contributed by atoms with Gasteiger partial charge in [-0.3, -0.25) is 4.98 Å². The lowest BCUT2D eigenvalue weighted by molar-refractivity contribution is 0.108. The fraction of sp³-hybridized carbons (Fsp3) is 0.316. The highest BCUT2D eigenvalue weighted by atomic mass is 32.2. The van der Waals surface area contributed by atoms with Crippen LogP contribution in [-0.4, -0.2) is 58.2 Å². The first-order chi connectivity index (χ1) is 14.1. The fourth-order valence-corrected chi connectivity index (χ4v) is 3.99. The molecule has 160 valence electrons. The van der Waals surface area contributed by atoms with E-state index in [2.05, 4.69) is 15.0 Å². The lowest BCUT2D eigenvalue weighted by atomic mass is 10.1. The number of nitrogens with two attached hydrogens (primary N) is 1. The molecule has 1 unspecified atom stereocenters. The van der Waals surface area contributed by atoms with E-state index in [0.29, 0.717) is 23.9 Å². The van der Waals surface area contributed by atoms with Crippen LogP contribution in [0.1, 0.15) is 12.8 Å². The summed E-state index contributed by atoms with van der Waals surface area (Å²) in [7, 11) is -3.09. The number of aliphatic hydroxyl groups excluding tert-OH is 1. The van der Waals surface area contributed by atoms with Crippen LogP contribution in [0.4, 0.5) is 14.7 Å². The molecule has 1 atom stereocenters. The molecule has 4 rings (SSSR count). The van der Waals surface area contributed by atoms with Gasteiger partial charge in [-0.1, -0.05) is 6.07 Å². The second-order valence-electron chi connectivity index (χ2n) is 6.87. The largest absolute Gasteiger partial charge is 0.392 e. The van der Waals surface area contributed by atoms with Gasteiger partial charge < -0.3 is 10.8 Å². The minimum atomic E-state index is -3.09. The van der Waals surface area contributed by atoms with E-state index >= 15 is 0 Å². The summed E-state index contributed by atoms with van der Waals surface area (Å²) in [6.07, 6.45) is 4.63. The van der Waals surface area contributed by atoms with E-state index in [1.807, 2.05) is 0 Å². The molecule has 0 saturated carbocycles. The molecule has 1 aromatic carbocycles. The van der Waals surface area contributed by atoms with E-state index < -0.39 is 27.8 Å². The van der Waals surface area contributed by atoms with Gasteiger partial charge in [0.15, 0.2) is 5.82 Å². The number of benzene rings is 1. The van der Waals surface area contributed by atoms with Gasteiger partial charge in [0.1, 0.15) is 17.0 Å². The number of piperidine rings is 1. The van der Waals surface area contributed by atoms with Crippen LogP contribution in [0.15, 0.2) is 36.7 Å². The number of nitrogen functional groups attached to an aromatic ring is 1. The molecule has 3 aromatic rings. The van der Waals surface area contributed by atoms with Crippen molar-refractivity contribution < 1.29 is 22.3 Å².